The summed E-state index contributed by atoms with van der Waals surface area (Å²) in [6.45, 7) is 13.4. The summed E-state index contributed by atoms with van der Waals surface area (Å²) >= 11 is 1.17. The van der Waals surface area contributed by atoms with Gasteiger partial charge in [-0.05, 0) is 0 Å². The van der Waals surface area contributed by atoms with E-state index in [0.29, 0.717) is 26.3 Å². The molecule has 0 aliphatic carbocycles. The summed E-state index contributed by atoms with van der Waals surface area (Å²) < 4.78 is 3.23. The molecule has 0 amide bonds. The molecule has 0 nitrogen and oxygen atoms in total. The first kappa shape index (κ1) is 15.9. The molecule has 0 saturated carbocycles. The van der Waals surface area contributed by atoms with Crippen LogP contribution >= 0.6 is 0 Å². The molecule has 0 aliphatic heterocycles. The average molecular weight is 396 g/mol. The first-order chi connectivity index (χ1) is 9.38. The Bertz CT molecular complexity index is 538. The zero-order valence-corrected chi connectivity index (χ0v) is 16.6. The Labute approximate surface area is 134 Å². The van der Waals surface area contributed by atoms with Crippen molar-refractivity contribution in [2.24, 2.45) is 0 Å². The van der Waals surface area contributed by atoms with E-state index in [0.717, 1.165) is 0 Å². The second-order valence-electron chi connectivity index (χ2n) is 5.62. The Morgan fingerprint density at radius 2 is 0.750 bits per heavy atom. The van der Waals surface area contributed by atoms with Crippen LogP contribution in [0.1, 0.15) is 33.4 Å². The molecule has 0 fully saturated rings. The number of rotatable bonds is 3. The van der Waals surface area contributed by atoms with Gasteiger partial charge in [-0.2, -0.15) is 0 Å². The van der Waals surface area contributed by atoms with Crippen LogP contribution in [-0.4, -0.2) is 26.3 Å². The molecule has 106 valence electrons. The Balaban J connectivity index is 2.26. The third-order valence-electron chi connectivity index (χ3n) is 3.42. The van der Waals surface area contributed by atoms with Gasteiger partial charge in [-0.15, -0.1) is 0 Å². The van der Waals surface area contributed by atoms with E-state index in [1.165, 1.54) is 33.4 Å². The second kappa shape index (κ2) is 6.50. The van der Waals surface area contributed by atoms with E-state index >= 15 is 0 Å². The zero-order valence-electron chi connectivity index (χ0n) is 13.1. The first-order valence-corrected chi connectivity index (χ1v) is 12.9. The molecule has 20 heavy (non-hydrogen) atoms. The molecule has 2 aromatic rings. The fourth-order valence-electron chi connectivity index (χ4n) is 2.68. The quantitative estimate of drug-likeness (QED) is 0.701. The molecule has 0 saturated heterocycles. The second-order valence-corrected chi connectivity index (χ2v) is 11.7. The summed E-state index contributed by atoms with van der Waals surface area (Å²) in [5.74, 6) is 0. The molecule has 2 heteroatoms. The molecule has 0 N–H and O–H groups in total. The van der Waals surface area contributed by atoms with Gasteiger partial charge in [0.2, 0.25) is 0 Å². The normalized spacial score (nSPS) is 10.9. The molecule has 2 rings (SSSR count). The van der Waals surface area contributed by atoms with E-state index in [1.54, 1.807) is 8.92 Å². The molecule has 2 aromatic carbocycles. The molecule has 0 aliphatic rings. The van der Waals surface area contributed by atoms with Crippen molar-refractivity contribution in [2.75, 3.05) is 0 Å². The predicted octanol–water partition coefficient (Wildman–Crippen LogP) is 2.81. The van der Waals surface area contributed by atoms with Crippen LogP contribution in [0.25, 0.3) is 0 Å². The number of hydrogen-bond acceptors (Lipinski definition) is 0. The van der Waals surface area contributed by atoms with Crippen LogP contribution in [0.2, 0.25) is 0 Å². The minimum absolute atomic E-state index is 0.583. The van der Waals surface area contributed by atoms with Crippen LogP contribution in [0.15, 0.2) is 24.3 Å². The molecular weight excluding hydrogens is 374 g/mol. The molecule has 0 bridgehead atoms. The van der Waals surface area contributed by atoms with E-state index in [9.17, 15) is 0 Å². The van der Waals surface area contributed by atoms with Gasteiger partial charge in [-0.1, -0.05) is 0 Å². The maximum atomic E-state index is 2.33. The van der Waals surface area contributed by atoms with E-state index in [2.05, 4.69) is 65.8 Å². The van der Waals surface area contributed by atoms with Gasteiger partial charge >= 0.3 is 134 Å². The van der Waals surface area contributed by atoms with E-state index in [-0.39, 0.29) is 0 Å². The summed E-state index contributed by atoms with van der Waals surface area (Å²) in [5, 5.41) is 0. The van der Waals surface area contributed by atoms with Crippen molar-refractivity contribution in [2.45, 2.75) is 41.5 Å². The van der Waals surface area contributed by atoms with Crippen LogP contribution in [0, 0.1) is 41.5 Å². The van der Waals surface area contributed by atoms with Gasteiger partial charge in [0.1, 0.15) is 0 Å². The topological polar surface area (TPSA) is 0 Å². The van der Waals surface area contributed by atoms with E-state index in [1.807, 2.05) is 0 Å². The molecule has 0 spiro atoms. The molecule has 0 unspecified atom stereocenters. The summed E-state index contributed by atoms with van der Waals surface area (Å²) in [7, 11) is 0. The third kappa shape index (κ3) is 3.57. The van der Waals surface area contributed by atoms with Crippen LogP contribution in [0.4, 0.5) is 0 Å². The van der Waals surface area contributed by atoms with Crippen molar-refractivity contribution in [3.05, 3.63) is 57.6 Å². The fraction of sp³-hybridized carbons (Fsp3) is 0.333. The van der Waals surface area contributed by atoms with Crippen molar-refractivity contribution >= 4 is 35.2 Å². The maximum absolute atomic E-state index is 2.33. The van der Waals surface area contributed by atoms with E-state index in [4.69, 9.17) is 0 Å². The number of aryl methyl sites for hydroxylation is 6. The van der Waals surface area contributed by atoms with Crippen molar-refractivity contribution < 1.29 is 0 Å². The van der Waals surface area contributed by atoms with Gasteiger partial charge in [-0.3, -0.25) is 0 Å². The van der Waals surface area contributed by atoms with Gasteiger partial charge in [0.05, 0.1) is 0 Å². The van der Waals surface area contributed by atoms with Crippen molar-refractivity contribution in [3.63, 3.8) is 0 Å². The standard InChI is InChI=1S/C18H22Se2/c1-11-7-13(3)17(14(4)8-11)19-20-18-15(5)9-12(2)10-16(18)6/h7-10H,1-6H3. The monoisotopic (exact) mass is 398 g/mol. The van der Waals surface area contributed by atoms with Crippen LogP contribution < -0.4 is 8.92 Å². The van der Waals surface area contributed by atoms with Crippen molar-refractivity contribution in [3.8, 4) is 0 Å². The Morgan fingerprint density at radius 1 is 0.500 bits per heavy atom. The summed E-state index contributed by atoms with van der Waals surface area (Å²) in [5.41, 5.74) is 8.68. The van der Waals surface area contributed by atoms with Gasteiger partial charge in [0.25, 0.3) is 0 Å². The van der Waals surface area contributed by atoms with Crippen LogP contribution in [0.3, 0.4) is 0 Å². The molecular formula is C18H22Se2. The number of benzene rings is 2. The van der Waals surface area contributed by atoms with Crippen LogP contribution in [-0.2, 0) is 0 Å². The molecule has 0 radical (unpaired) electrons. The summed E-state index contributed by atoms with van der Waals surface area (Å²) in [6.07, 6.45) is 0. The van der Waals surface area contributed by atoms with Gasteiger partial charge < -0.3 is 0 Å². The van der Waals surface area contributed by atoms with Gasteiger partial charge in [0.15, 0.2) is 0 Å². The van der Waals surface area contributed by atoms with Gasteiger partial charge in [0, 0.05) is 0 Å². The summed E-state index contributed by atoms with van der Waals surface area (Å²) in [6, 6.07) is 9.31. The average Bonchev–Trinajstić information content (AvgIpc) is 2.30. The minimum atomic E-state index is 0.583. The fourth-order valence-corrected chi connectivity index (χ4v) is 12.2. The molecule has 0 heterocycles. The summed E-state index contributed by atoms with van der Waals surface area (Å²) in [4.78, 5) is 0. The van der Waals surface area contributed by atoms with E-state index < -0.39 is 0 Å². The number of hydrogen-bond donors (Lipinski definition) is 0. The first-order valence-electron chi connectivity index (χ1n) is 6.88. The molecule has 0 aromatic heterocycles. The SMILES string of the molecule is Cc1cc(C)c([Se][Se]c2c(C)cc(C)cc2C)c(C)c1. The van der Waals surface area contributed by atoms with Crippen LogP contribution in [0.5, 0.6) is 0 Å². The Morgan fingerprint density at radius 3 is 1.00 bits per heavy atom. The third-order valence-corrected chi connectivity index (χ3v) is 11.5. The Kier molecular flexibility index (Phi) is 5.15. The zero-order chi connectivity index (χ0) is 14.9. The molecule has 0 atom stereocenters. The predicted molar refractivity (Wildman–Crippen MR) is 92.1 cm³/mol. The van der Waals surface area contributed by atoms with Crippen molar-refractivity contribution in [1.82, 2.24) is 0 Å². The van der Waals surface area contributed by atoms with Gasteiger partial charge in [-0.25, -0.2) is 0 Å². The Hall–Kier alpha value is -0.521. The van der Waals surface area contributed by atoms with Crippen molar-refractivity contribution in [1.29, 1.82) is 0 Å².